The van der Waals surface area contributed by atoms with Gasteiger partial charge in [0.05, 0.1) is 18.8 Å². The van der Waals surface area contributed by atoms with Gasteiger partial charge in [-0.2, -0.15) is 0 Å². The second kappa shape index (κ2) is 9.36. The third-order valence-electron chi connectivity index (χ3n) is 8.06. The number of ether oxygens (including phenoxy) is 2. The van der Waals surface area contributed by atoms with E-state index in [2.05, 4.69) is 62.1 Å². The number of aliphatic hydroxyl groups is 1. The lowest BCUT2D eigenvalue weighted by molar-refractivity contribution is -0.253. The molecule has 2 aromatic carbocycles. The predicted molar refractivity (Wildman–Crippen MR) is 134 cm³/mol. The zero-order valence-electron chi connectivity index (χ0n) is 20.9. The molecule has 5 rings (SSSR count). The van der Waals surface area contributed by atoms with E-state index in [4.69, 9.17) is 15.2 Å². The van der Waals surface area contributed by atoms with Gasteiger partial charge in [0.25, 0.3) is 0 Å². The van der Waals surface area contributed by atoms with E-state index < -0.39 is 6.29 Å². The molecule has 2 heterocycles. The molecule has 2 aliphatic heterocycles. The summed E-state index contributed by atoms with van der Waals surface area (Å²) in [6.07, 6.45) is 4.36. The molecule has 0 amide bonds. The largest absolute Gasteiger partial charge is 0.392 e. The quantitative estimate of drug-likeness (QED) is 0.624. The molecule has 0 spiro atoms. The Morgan fingerprint density at radius 1 is 0.941 bits per heavy atom. The molecule has 0 aromatic heterocycles. The minimum Gasteiger partial charge on any atom is -0.392 e. The Kier molecular flexibility index (Phi) is 6.60. The Balaban J connectivity index is 1.37. The first-order valence-corrected chi connectivity index (χ1v) is 12.8. The van der Waals surface area contributed by atoms with Crippen molar-refractivity contribution in [2.24, 2.45) is 16.6 Å². The second-order valence-corrected chi connectivity index (χ2v) is 11.9. The number of rotatable bonds is 6. The van der Waals surface area contributed by atoms with Gasteiger partial charge in [0.2, 0.25) is 0 Å². The average molecular weight is 465 g/mol. The van der Waals surface area contributed by atoms with Crippen LogP contribution in [0.4, 0.5) is 0 Å². The molecule has 5 atom stereocenters. The number of benzene rings is 2. The molecule has 2 aromatic rings. The number of hydrogen-bond donors (Lipinski definition) is 2. The first-order valence-electron chi connectivity index (χ1n) is 12.8. The highest BCUT2D eigenvalue weighted by molar-refractivity contribution is 5.26. The molecule has 3 N–H and O–H groups in total. The van der Waals surface area contributed by atoms with Crippen LogP contribution in [-0.4, -0.2) is 35.2 Å². The molecule has 5 heteroatoms. The van der Waals surface area contributed by atoms with Crippen molar-refractivity contribution in [2.75, 3.05) is 13.1 Å². The summed E-state index contributed by atoms with van der Waals surface area (Å²) in [5, 5.41) is 9.44. The fourth-order valence-electron chi connectivity index (χ4n) is 6.90. The van der Waals surface area contributed by atoms with Crippen molar-refractivity contribution in [2.45, 2.75) is 84.1 Å². The molecule has 1 saturated carbocycles. The van der Waals surface area contributed by atoms with E-state index in [-0.39, 0.29) is 18.8 Å². The Hall–Kier alpha value is -1.76. The summed E-state index contributed by atoms with van der Waals surface area (Å²) in [6.45, 7) is 10.0. The standard InChI is InChI=1S/C29H40N2O3/c1-28(2)13-24-14-29(3,18-28)19-31(24)16-25-12-26(22-8-6-21(17-32)7-9-22)34-27(33-25)23-10-4-20(15-30)5-11-23/h4-11,24-27,32H,12-19,30H2,1-3H3. The van der Waals surface area contributed by atoms with Gasteiger partial charge in [-0.25, -0.2) is 0 Å². The maximum Gasteiger partial charge on any atom is 0.184 e. The van der Waals surface area contributed by atoms with E-state index in [9.17, 15) is 5.11 Å². The summed E-state index contributed by atoms with van der Waals surface area (Å²) in [5.41, 5.74) is 10.8. The third-order valence-corrected chi connectivity index (χ3v) is 8.06. The van der Waals surface area contributed by atoms with E-state index >= 15 is 0 Å². The first-order chi connectivity index (χ1) is 16.3. The molecule has 5 unspecified atom stereocenters. The Morgan fingerprint density at radius 3 is 2.29 bits per heavy atom. The Morgan fingerprint density at radius 2 is 1.62 bits per heavy atom. The second-order valence-electron chi connectivity index (χ2n) is 11.9. The number of hydrogen-bond acceptors (Lipinski definition) is 5. The zero-order valence-corrected chi connectivity index (χ0v) is 20.9. The molecule has 34 heavy (non-hydrogen) atoms. The lowest BCUT2D eigenvalue weighted by Crippen LogP contribution is -2.42. The van der Waals surface area contributed by atoms with Crippen LogP contribution < -0.4 is 5.73 Å². The van der Waals surface area contributed by atoms with E-state index in [0.717, 1.165) is 41.8 Å². The van der Waals surface area contributed by atoms with E-state index in [0.29, 0.717) is 23.4 Å². The van der Waals surface area contributed by atoms with Gasteiger partial charge in [0.15, 0.2) is 6.29 Å². The van der Waals surface area contributed by atoms with Gasteiger partial charge >= 0.3 is 0 Å². The van der Waals surface area contributed by atoms with Gasteiger partial charge in [-0.15, -0.1) is 0 Å². The molecular weight excluding hydrogens is 424 g/mol. The molecule has 3 fully saturated rings. The fraction of sp³-hybridized carbons (Fsp3) is 0.586. The number of aliphatic hydroxyl groups excluding tert-OH is 1. The number of likely N-dealkylation sites (tertiary alicyclic amines) is 1. The van der Waals surface area contributed by atoms with Crippen LogP contribution in [0, 0.1) is 10.8 Å². The van der Waals surface area contributed by atoms with Crippen molar-refractivity contribution in [3.05, 3.63) is 70.8 Å². The SMILES string of the molecule is CC1(C)CC2CC(C)(CN2CC2CC(c3ccc(CO)cc3)OC(c3ccc(CN)cc3)O2)C1. The van der Waals surface area contributed by atoms with E-state index in [1.165, 1.54) is 19.3 Å². The summed E-state index contributed by atoms with van der Waals surface area (Å²) in [7, 11) is 0. The highest BCUT2D eigenvalue weighted by atomic mass is 16.7. The zero-order chi connectivity index (χ0) is 23.9. The fourth-order valence-corrected chi connectivity index (χ4v) is 6.90. The van der Waals surface area contributed by atoms with Crippen LogP contribution in [0.1, 0.15) is 81.1 Å². The minimum absolute atomic E-state index is 0.0420. The maximum absolute atomic E-state index is 9.44. The highest BCUT2D eigenvalue weighted by Crippen LogP contribution is 2.52. The first kappa shape index (κ1) is 24.0. The van der Waals surface area contributed by atoms with Crippen molar-refractivity contribution >= 4 is 0 Å². The molecular formula is C29H40N2O3. The van der Waals surface area contributed by atoms with Gasteiger partial charge < -0.3 is 20.3 Å². The van der Waals surface area contributed by atoms with Gasteiger partial charge in [0.1, 0.15) is 0 Å². The number of fused-ring (bicyclic) bond motifs is 2. The third kappa shape index (κ3) is 5.09. The van der Waals surface area contributed by atoms with Crippen molar-refractivity contribution in [1.82, 2.24) is 4.90 Å². The van der Waals surface area contributed by atoms with Crippen molar-refractivity contribution in [3.63, 3.8) is 0 Å². The van der Waals surface area contributed by atoms with Gasteiger partial charge in [0, 0.05) is 37.7 Å². The predicted octanol–water partition coefficient (Wildman–Crippen LogP) is 5.08. The van der Waals surface area contributed by atoms with Gasteiger partial charge in [-0.1, -0.05) is 69.3 Å². The molecule has 2 saturated heterocycles. The summed E-state index contributed by atoms with van der Waals surface area (Å²) >= 11 is 0. The summed E-state index contributed by atoms with van der Waals surface area (Å²) < 4.78 is 13.1. The smallest absolute Gasteiger partial charge is 0.184 e. The summed E-state index contributed by atoms with van der Waals surface area (Å²) in [6, 6.07) is 17.1. The Labute approximate surface area is 204 Å². The van der Waals surface area contributed by atoms with Crippen LogP contribution in [0.5, 0.6) is 0 Å². The van der Waals surface area contributed by atoms with Crippen LogP contribution in [0.2, 0.25) is 0 Å². The number of nitrogens with two attached hydrogens (primary N) is 1. The van der Waals surface area contributed by atoms with E-state index in [1.807, 2.05) is 12.1 Å². The average Bonchev–Trinajstić information content (AvgIpc) is 3.06. The highest BCUT2D eigenvalue weighted by Gasteiger charge is 2.50. The van der Waals surface area contributed by atoms with Crippen LogP contribution in [0.15, 0.2) is 48.5 Å². The van der Waals surface area contributed by atoms with Gasteiger partial charge in [-0.05, 0) is 46.8 Å². The van der Waals surface area contributed by atoms with E-state index in [1.54, 1.807) is 0 Å². The van der Waals surface area contributed by atoms with Crippen LogP contribution >= 0.6 is 0 Å². The molecule has 1 aliphatic carbocycles. The molecule has 3 aliphatic rings. The summed E-state index contributed by atoms with van der Waals surface area (Å²) in [4.78, 5) is 2.70. The minimum atomic E-state index is -0.401. The van der Waals surface area contributed by atoms with Crippen molar-refractivity contribution < 1.29 is 14.6 Å². The topological polar surface area (TPSA) is 68.0 Å². The lowest BCUT2D eigenvalue weighted by atomic mass is 9.65. The molecule has 0 radical (unpaired) electrons. The Bertz CT molecular complexity index is 918. The normalized spacial score (nSPS) is 33.2. The lowest BCUT2D eigenvalue weighted by Gasteiger charge is -2.41. The van der Waals surface area contributed by atoms with Crippen molar-refractivity contribution in [3.8, 4) is 0 Å². The maximum atomic E-state index is 9.44. The molecule has 2 bridgehead atoms. The molecule has 184 valence electrons. The number of nitrogens with zero attached hydrogens (tertiary/aromatic N) is 1. The van der Waals surface area contributed by atoms with Crippen molar-refractivity contribution in [1.29, 1.82) is 0 Å². The van der Waals surface area contributed by atoms with Crippen LogP contribution in [0.3, 0.4) is 0 Å². The summed E-state index contributed by atoms with van der Waals surface area (Å²) in [5.74, 6) is 0. The van der Waals surface area contributed by atoms with Crippen LogP contribution in [-0.2, 0) is 22.6 Å². The monoisotopic (exact) mass is 464 g/mol. The van der Waals surface area contributed by atoms with Gasteiger partial charge in [-0.3, -0.25) is 4.90 Å². The van der Waals surface area contributed by atoms with Crippen LogP contribution in [0.25, 0.3) is 0 Å². The molecule has 5 nitrogen and oxygen atoms in total.